The molecule has 4 rings (SSSR count). The van der Waals surface area contributed by atoms with Gasteiger partial charge in [-0.1, -0.05) is 17.4 Å². The van der Waals surface area contributed by atoms with Crippen LogP contribution in [0, 0.1) is 12.8 Å². The first-order valence-electron chi connectivity index (χ1n) is 8.65. The van der Waals surface area contributed by atoms with E-state index in [0.29, 0.717) is 6.04 Å². The second kappa shape index (κ2) is 6.24. The molecule has 6 heteroatoms. The van der Waals surface area contributed by atoms with Gasteiger partial charge in [0.25, 0.3) is 0 Å². The van der Waals surface area contributed by atoms with Crippen molar-refractivity contribution in [3.8, 4) is 5.75 Å². The topological polar surface area (TPSA) is 54.5 Å². The summed E-state index contributed by atoms with van der Waals surface area (Å²) >= 11 is 1.70. The molecular formula is C18H23N3O2S. The van der Waals surface area contributed by atoms with Gasteiger partial charge in [0.05, 0.1) is 17.7 Å². The SMILES string of the molecule is COc1ccc(C)c2sc(N3CCCC(C(=O)NC4CC4)C3)nc12. The molecule has 1 aliphatic carbocycles. The molecule has 1 saturated carbocycles. The van der Waals surface area contributed by atoms with Crippen molar-refractivity contribution in [1.29, 1.82) is 0 Å². The van der Waals surface area contributed by atoms with Crippen LogP contribution < -0.4 is 15.0 Å². The zero-order valence-electron chi connectivity index (χ0n) is 14.2. The number of nitrogens with one attached hydrogen (secondary N) is 1. The van der Waals surface area contributed by atoms with Gasteiger partial charge in [0, 0.05) is 19.1 Å². The number of anilines is 1. The Hall–Kier alpha value is -1.82. The van der Waals surface area contributed by atoms with Crippen LogP contribution in [-0.4, -0.2) is 37.1 Å². The molecule has 1 N–H and O–H groups in total. The smallest absolute Gasteiger partial charge is 0.225 e. The maximum Gasteiger partial charge on any atom is 0.225 e. The van der Waals surface area contributed by atoms with Crippen molar-refractivity contribution in [2.24, 2.45) is 5.92 Å². The summed E-state index contributed by atoms with van der Waals surface area (Å²) in [6.07, 6.45) is 4.29. The minimum absolute atomic E-state index is 0.0781. The van der Waals surface area contributed by atoms with E-state index in [9.17, 15) is 4.79 Å². The Morgan fingerprint density at radius 1 is 1.38 bits per heavy atom. The minimum atomic E-state index is 0.0781. The van der Waals surface area contributed by atoms with Crippen molar-refractivity contribution < 1.29 is 9.53 Å². The Morgan fingerprint density at radius 2 is 2.21 bits per heavy atom. The molecule has 1 aromatic heterocycles. The molecule has 1 saturated heterocycles. The fourth-order valence-corrected chi connectivity index (χ4v) is 4.40. The van der Waals surface area contributed by atoms with Crippen LogP contribution in [0.1, 0.15) is 31.2 Å². The number of hydrogen-bond donors (Lipinski definition) is 1. The van der Waals surface area contributed by atoms with Gasteiger partial charge in [0.1, 0.15) is 11.3 Å². The Labute approximate surface area is 146 Å². The van der Waals surface area contributed by atoms with Crippen molar-refractivity contribution in [2.45, 2.75) is 38.6 Å². The first kappa shape index (κ1) is 15.7. The lowest BCUT2D eigenvalue weighted by atomic mass is 9.97. The summed E-state index contributed by atoms with van der Waals surface area (Å²) in [6.45, 7) is 3.83. The third-order valence-electron chi connectivity index (χ3n) is 4.90. The number of carbonyl (C=O) groups is 1. The number of amides is 1. The monoisotopic (exact) mass is 345 g/mol. The second-order valence-electron chi connectivity index (χ2n) is 6.83. The molecule has 2 heterocycles. The quantitative estimate of drug-likeness (QED) is 0.925. The zero-order valence-corrected chi connectivity index (χ0v) is 15.0. The number of ether oxygens (including phenoxy) is 1. The lowest BCUT2D eigenvalue weighted by Crippen LogP contribution is -2.43. The van der Waals surface area contributed by atoms with Gasteiger partial charge in [-0.05, 0) is 44.2 Å². The summed E-state index contributed by atoms with van der Waals surface area (Å²) in [4.78, 5) is 19.5. The predicted molar refractivity (Wildman–Crippen MR) is 97.0 cm³/mol. The first-order chi connectivity index (χ1) is 11.7. The third-order valence-corrected chi connectivity index (χ3v) is 6.15. The van der Waals surface area contributed by atoms with Gasteiger partial charge < -0.3 is 15.0 Å². The van der Waals surface area contributed by atoms with E-state index in [0.717, 1.165) is 55.2 Å². The van der Waals surface area contributed by atoms with E-state index in [4.69, 9.17) is 9.72 Å². The van der Waals surface area contributed by atoms with Gasteiger partial charge >= 0.3 is 0 Å². The summed E-state index contributed by atoms with van der Waals surface area (Å²) in [5.41, 5.74) is 2.15. The van der Waals surface area contributed by atoms with Crippen LogP contribution in [0.25, 0.3) is 10.2 Å². The van der Waals surface area contributed by atoms with Gasteiger partial charge in [0.2, 0.25) is 5.91 Å². The van der Waals surface area contributed by atoms with Crippen molar-refractivity contribution in [3.05, 3.63) is 17.7 Å². The van der Waals surface area contributed by atoms with E-state index in [2.05, 4.69) is 23.2 Å². The number of fused-ring (bicyclic) bond motifs is 1. The number of benzene rings is 1. The van der Waals surface area contributed by atoms with Gasteiger partial charge in [-0.15, -0.1) is 0 Å². The number of rotatable bonds is 4. The van der Waals surface area contributed by atoms with E-state index in [1.54, 1.807) is 18.4 Å². The molecule has 0 bridgehead atoms. The number of piperidine rings is 1. The number of aryl methyl sites for hydroxylation is 1. The molecule has 1 aliphatic heterocycles. The highest BCUT2D eigenvalue weighted by atomic mass is 32.1. The van der Waals surface area contributed by atoms with E-state index < -0.39 is 0 Å². The summed E-state index contributed by atoms with van der Waals surface area (Å²) in [6, 6.07) is 4.48. The number of carbonyl (C=O) groups excluding carboxylic acids is 1. The number of thiazole rings is 1. The van der Waals surface area contributed by atoms with Crippen LogP contribution in [0.2, 0.25) is 0 Å². The Balaban J connectivity index is 1.57. The second-order valence-corrected chi connectivity index (χ2v) is 7.80. The highest BCUT2D eigenvalue weighted by Gasteiger charge is 2.31. The maximum absolute atomic E-state index is 12.4. The number of methoxy groups -OCH3 is 1. The van der Waals surface area contributed by atoms with Gasteiger partial charge in [-0.25, -0.2) is 4.98 Å². The third kappa shape index (κ3) is 2.95. The van der Waals surface area contributed by atoms with Crippen molar-refractivity contribution in [3.63, 3.8) is 0 Å². The Morgan fingerprint density at radius 3 is 2.96 bits per heavy atom. The standard InChI is InChI=1S/C18H23N3O2S/c1-11-5-8-14(23-2)15-16(11)24-18(20-15)21-9-3-4-12(10-21)17(22)19-13-6-7-13/h5,8,12-13H,3-4,6-7,9-10H2,1-2H3,(H,19,22). The number of hydrogen-bond acceptors (Lipinski definition) is 5. The largest absolute Gasteiger partial charge is 0.494 e. The summed E-state index contributed by atoms with van der Waals surface area (Å²) in [7, 11) is 1.68. The molecule has 1 atom stereocenters. The molecule has 24 heavy (non-hydrogen) atoms. The fourth-order valence-electron chi connectivity index (χ4n) is 3.31. The van der Waals surface area contributed by atoms with Crippen LogP contribution in [0.3, 0.4) is 0 Å². The number of nitrogens with zero attached hydrogens (tertiary/aromatic N) is 2. The van der Waals surface area contributed by atoms with Crippen LogP contribution in [0.15, 0.2) is 12.1 Å². The molecule has 0 spiro atoms. The van der Waals surface area contributed by atoms with Crippen molar-refractivity contribution in [2.75, 3.05) is 25.1 Å². The molecule has 1 aromatic carbocycles. The van der Waals surface area contributed by atoms with Crippen molar-refractivity contribution >= 4 is 32.6 Å². The van der Waals surface area contributed by atoms with Gasteiger partial charge in [-0.3, -0.25) is 4.79 Å². The van der Waals surface area contributed by atoms with Gasteiger partial charge in [-0.2, -0.15) is 0 Å². The Bertz CT molecular complexity index is 769. The Kier molecular flexibility index (Phi) is 4.08. The van der Waals surface area contributed by atoms with E-state index in [1.165, 1.54) is 10.3 Å². The zero-order chi connectivity index (χ0) is 16.7. The highest BCUT2D eigenvalue weighted by molar-refractivity contribution is 7.22. The first-order valence-corrected chi connectivity index (χ1v) is 9.47. The molecule has 1 unspecified atom stereocenters. The molecule has 2 aromatic rings. The minimum Gasteiger partial charge on any atom is -0.494 e. The molecule has 5 nitrogen and oxygen atoms in total. The highest BCUT2D eigenvalue weighted by Crippen LogP contribution is 2.37. The molecule has 2 aliphatic rings. The summed E-state index contributed by atoms with van der Waals surface area (Å²) in [5.74, 6) is 1.12. The van der Waals surface area contributed by atoms with E-state index >= 15 is 0 Å². The molecular weight excluding hydrogens is 322 g/mol. The van der Waals surface area contributed by atoms with Crippen LogP contribution in [0.4, 0.5) is 5.13 Å². The molecule has 0 radical (unpaired) electrons. The fraction of sp³-hybridized carbons (Fsp3) is 0.556. The number of aromatic nitrogens is 1. The van der Waals surface area contributed by atoms with E-state index in [-0.39, 0.29) is 11.8 Å². The van der Waals surface area contributed by atoms with Crippen LogP contribution in [0.5, 0.6) is 5.75 Å². The molecule has 128 valence electrons. The molecule has 1 amide bonds. The summed E-state index contributed by atoms with van der Waals surface area (Å²) < 4.78 is 6.63. The lowest BCUT2D eigenvalue weighted by molar-refractivity contribution is -0.125. The van der Waals surface area contributed by atoms with Crippen LogP contribution >= 0.6 is 11.3 Å². The van der Waals surface area contributed by atoms with Crippen LogP contribution in [-0.2, 0) is 4.79 Å². The lowest BCUT2D eigenvalue weighted by Gasteiger charge is -2.31. The predicted octanol–water partition coefficient (Wildman–Crippen LogP) is 3.11. The maximum atomic E-state index is 12.4. The normalized spacial score (nSPS) is 21.1. The van der Waals surface area contributed by atoms with Gasteiger partial charge in [0.15, 0.2) is 5.13 Å². The van der Waals surface area contributed by atoms with Crippen molar-refractivity contribution in [1.82, 2.24) is 10.3 Å². The van der Waals surface area contributed by atoms with E-state index in [1.807, 2.05) is 6.07 Å². The average Bonchev–Trinajstić information content (AvgIpc) is 3.29. The summed E-state index contributed by atoms with van der Waals surface area (Å²) in [5, 5.41) is 4.15. The molecule has 2 fully saturated rings. The average molecular weight is 345 g/mol.